The summed E-state index contributed by atoms with van der Waals surface area (Å²) in [4.78, 5) is 8.77. The van der Waals surface area contributed by atoms with Gasteiger partial charge in [-0.05, 0) is 37.3 Å². The van der Waals surface area contributed by atoms with Crippen molar-refractivity contribution in [1.29, 1.82) is 0 Å². The van der Waals surface area contributed by atoms with Crippen LogP contribution in [-0.4, -0.2) is 75.5 Å². The Hall–Kier alpha value is -3.06. The first kappa shape index (κ1) is 25.6. The van der Waals surface area contributed by atoms with Crippen molar-refractivity contribution in [3.05, 3.63) is 58.9 Å². The fraction of sp³-hybridized carbons (Fsp3) is 0.400. The van der Waals surface area contributed by atoms with Crippen molar-refractivity contribution in [2.75, 3.05) is 39.3 Å². The van der Waals surface area contributed by atoms with E-state index in [1.807, 2.05) is 25.1 Å². The van der Waals surface area contributed by atoms with Crippen molar-refractivity contribution in [3.63, 3.8) is 0 Å². The van der Waals surface area contributed by atoms with Crippen LogP contribution in [0.1, 0.15) is 16.5 Å². The molecular weight excluding hydrogens is 507 g/mol. The topological polar surface area (TPSA) is 87.8 Å². The highest BCUT2D eigenvalue weighted by atomic mass is 32.1. The number of hydrogen-bond acceptors (Lipinski definition) is 9. The number of β-amino-alcohol motifs (C(OH)–C–C–N with tert-alkyl or cyclic N) is 1. The third kappa shape index (κ3) is 6.45. The molecule has 1 fully saturated rings. The lowest BCUT2D eigenvalue weighted by molar-refractivity contribution is -0.137. The predicted molar refractivity (Wildman–Crippen MR) is 132 cm³/mol. The van der Waals surface area contributed by atoms with Gasteiger partial charge in [-0.25, -0.2) is 4.98 Å². The molecule has 1 aliphatic rings. The van der Waals surface area contributed by atoms with Crippen molar-refractivity contribution >= 4 is 21.6 Å². The Morgan fingerprint density at radius 2 is 1.86 bits per heavy atom. The van der Waals surface area contributed by atoms with Gasteiger partial charge in [0.05, 0.1) is 27.3 Å². The van der Waals surface area contributed by atoms with Crippen LogP contribution in [0.4, 0.5) is 13.2 Å². The van der Waals surface area contributed by atoms with E-state index in [9.17, 15) is 18.3 Å². The number of aromatic nitrogens is 3. The molecule has 1 N–H and O–H groups in total. The molecule has 0 bridgehead atoms. The Bertz CT molecular complexity index is 1350. The number of halogens is 3. The molecular formula is C25H26F3N5O3S. The largest absolute Gasteiger partial charge is 0.491 e. The van der Waals surface area contributed by atoms with Gasteiger partial charge < -0.3 is 14.3 Å². The summed E-state index contributed by atoms with van der Waals surface area (Å²) in [6.07, 6.45) is -5.07. The molecule has 0 aliphatic carbocycles. The van der Waals surface area contributed by atoms with Crippen molar-refractivity contribution < 1.29 is 27.4 Å². The molecule has 2 aromatic heterocycles. The van der Waals surface area contributed by atoms with Gasteiger partial charge in [-0.3, -0.25) is 9.80 Å². The zero-order valence-electron chi connectivity index (χ0n) is 20.1. The highest BCUT2D eigenvalue weighted by molar-refractivity contribution is 7.18. The van der Waals surface area contributed by atoms with Crippen LogP contribution in [0.15, 0.2) is 46.9 Å². The van der Waals surface area contributed by atoms with E-state index < -0.39 is 17.8 Å². The minimum absolute atomic E-state index is 0.0620. The van der Waals surface area contributed by atoms with Crippen molar-refractivity contribution in [3.8, 4) is 17.2 Å². The zero-order chi connectivity index (χ0) is 26.0. The van der Waals surface area contributed by atoms with E-state index in [0.29, 0.717) is 24.7 Å². The second-order valence-electron chi connectivity index (χ2n) is 8.98. The van der Waals surface area contributed by atoms with Crippen LogP contribution in [0, 0.1) is 6.92 Å². The molecule has 1 atom stereocenters. The quantitative estimate of drug-likeness (QED) is 0.360. The normalized spacial score (nSPS) is 16.4. The van der Waals surface area contributed by atoms with Gasteiger partial charge in [-0.1, -0.05) is 6.07 Å². The molecule has 0 amide bonds. The second kappa shape index (κ2) is 10.7. The van der Waals surface area contributed by atoms with Crippen LogP contribution in [0.5, 0.6) is 5.75 Å². The SMILES string of the molecule is Cc1nc2cc(OC[C@H](O)CN3CCN(Cc4nnc(-c5cccc(C(F)(F)F)c5)o4)CC3)ccc2s1. The second-order valence-corrected chi connectivity index (χ2v) is 10.2. The third-order valence-corrected chi connectivity index (χ3v) is 7.06. The standard InChI is InChI=1S/C25H26F3N5O3S/c1-16-29-21-12-20(5-6-22(21)37-16)35-15-19(34)13-32-7-9-33(10-8-32)14-23-30-31-24(36-23)17-3-2-4-18(11-17)25(26,27)28/h2-6,11-12,19,34H,7-10,13-15H2,1H3/t19-/m1/s1. The van der Waals surface area contributed by atoms with Gasteiger partial charge in [0.15, 0.2) is 0 Å². The summed E-state index contributed by atoms with van der Waals surface area (Å²) in [6, 6.07) is 10.6. The van der Waals surface area contributed by atoms with Crippen LogP contribution in [0.3, 0.4) is 0 Å². The molecule has 0 unspecified atom stereocenters. The summed E-state index contributed by atoms with van der Waals surface area (Å²) in [5.74, 6) is 1.10. The van der Waals surface area contributed by atoms with Crippen LogP contribution in [-0.2, 0) is 12.7 Å². The number of aliphatic hydroxyl groups is 1. The van der Waals surface area contributed by atoms with E-state index in [2.05, 4.69) is 25.0 Å². The molecule has 0 saturated carbocycles. The van der Waals surface area contributed by atoms with E-state index in [4.69, 9.17) is 9.15 Å². The van der Waals surface area contributed by atoms with E-state index in [1.54, 1.807) is 11.3 Å². The maximum Gasteiger partial charge on any atom is 0.416 e. The van der Waals surface area contributed by atoms with Gasteiger partial charge in [0.25, 0.3) is 0 Å². The summed E-state index contributed by atoms with van der Waals surface area (Å²) in [5, 5.41) is 19.4. The number of hydrogen-bond donors (Lipinski definition) is 1. The monoisotopic (exact) mass is 533 g/mol. The maximum atomic E-state index is 13.0. The average Bonchev–Trinajstić information content (AvgIpc) is 3.49. The number of thiazole rings is 1. The Morgan fingerprint density at radius 1 is 1.08 bits per heavy atom. The van der Waals surface area contributed by atoms with E-state index in [0.717, 1.165) is 53.5 Å². The number of ether oxygens (including phenoxy) is 1. The lowest BCUT2D eigenvalue weighted by atomic mass is 10.1. The van der Waals surface area contributed by atoms with Gasteiger partial charge in [-0.15, -0.1) is 21.5 Å². The molecule has 1 aliphatic heterocycles. The smallest absolute Gasteiger partial charge is 0.416 e. The van der Waals surface area contributed by atoms with E-state index >= 15 is 0 Å². The zero-order valence-corrected chi connectivity index (χ0v) is 20.9. The minimum Gasteiger partial charge on any atom is -0.491 e. The summed E-state index contributed by atoms with van der Waals surface area (Å²) in [7, 11) is 0. The highest BCUT2D eigenvalue weighted by Crippen LogP contribution is 2.32. The minimum atomic E-state index is -4.44. The Kier molecular flexibility index (Phi) is 7.43. The number of nitrogens with zero attached hydrogens (tertiary/aromatic N) is 5. The summed E-state index contributed by atoms with van der Waals surface area (Å²) >= 11 is 1.63. The maximum absolute atomic E-state index is 13.0. The van der Waals surface area contributed by atoms with Crippen molar-refractivity contribution in [2.45, 2.75) is 25.7 Å². The summed E-state index contributed by atoms with van der Waals surface area (Å²) in [6.45, 7) is 6.01. The van der Waals surface area contributed by atoms with Gasteiger partial charge in [0.2, 0.25) is 11.8 Å². The molecule has 2 aromatic carbocycles. The fourth-order valence-corrected chi connectivity index (χ4v) is 5.05. The predicted octanol–water partition coefficient (Wildman–Crippen LogP) is 4.23. The Labute approximate surface area is 215 Å². The number of benzene rings is 2. The van der Waals surface area contributed by atoms with Gasteiger partial charge in [0, 0.05) is 44.4 Å². The number of aryl methyl sites for hydroxylation is 1. The number of alkyl halides is 3. The van der Waals surface area contributed by atoms with Crippen LogP contribution in [0.25, 0.3) is 21.7 Å². The Balaban J connectivity index is 1.07. The van der Waals surface area contributed by atoms with E-state index in [1.165, 1.54) is 12.1 Å². The molecule has 8 nitrogen and oxygen atoms in total. The lowest BCUT2D eigenvalue weighted by Gasteiger charge is -2.34. The van der Waals surface area contributed by atoms with E-state index in [-0.39, 0.29) is 18.1 Å². The first-order valence-corrected chi connectivity index (χ1v) is 12.7. The van der Waals surface area contributed by atoms with Crippen LogP contribution < -0.4 is 4.74 Å². The molecule has 0 spiro atoms. The molecule has 4 aromatic rings. The average molecular weight is 534 g/mol. The van der Waals surface area contributed by atoms with Crippen molar-refractivity contribution in [2.24, 2.45) is 0 Å². The number of piperazine rings is 1. The molecule has 37 heavy (non-hydrogen) atoms. The van der Waals surface area contributed by atoms with Gasteiger partial charge in [-0.2, -0.15) is 13.2 Å². The van der Waals surface area contributed by atoms with Gasteiger partial charge >= 0.3 is 6.18 Å². The fourth-order valence-electron chi connectivity index (χ4n) is 4.24. The first-order chi connectivity index (χ1) is 17.7. The molecule has 1 saturated heterocycles. The van der Waals surface area contributed by atoms with Gasteiger partial charge in [0.1, 0.15) is 18.5 Å². The summed E-state index contributed by atoms with van der Waals surface area (Å²) < 4.78 is 51.5. The van der Waals surface area contributed by atoms with Crippen LogP contribution in [0.2, 0.25) is 0 Å². The number of fused-ring (bicyclic) bond motifs is 1. The molecule has 196 valence electrons. The summed E-state index contributed by atoms with van der Waals surface area (Å²) in [5.41, 5.74) is 0.370. The molecule has 3 heterocycles. The van der Waals surface area contributed by atoms with Crippen molar-refractivity contribution in [1.82, 2.24) is 25.0 Å². The molecule has 5 rings (SSSR count). The first-order valence-electron chi connectivity index (χ1n) is 11.9. The Morgan fingerprint density at radius 3 is 2.65 bits per heavy atom. The van der Waals surface area contributed by atoms with Crippen LogP contribution >= 0.6 is 11.3 Å². The number of rotatable bonds is 8. The third-order valence-electron chi connectivity index (χ3n) is 6.10. The molecule has 12 heteroatoms. The molecule has 0 radical (unpaired) electrons. The lowest BCUT2D eigenvalue weighted by Crippen LogP contribution is -2.48. The highest BCUT2D eigenvalue weighted by Gasteiger charge is 2.31. The number of aliphatic hydroxyl groups excluding tert-OH is 1.